The van der Waals surface area contributed by atoms with E-state index in [0.717, 1.165) is 18.7 Å². The van der Waals surface area contributed by atoms with E-state index in [1.807, 2.05) is 19.9 Å². The Morgan fingerprint density at radius 2 is 2.00 bits per heavy atom. The molecular weight excluding hydrogens is 481 g/mol. The van der Waals surface area contributed by atoms with Crippen molar-refractivity contribution >= 4 is 17.9 Å². The van der Waals surface area contributed by atoms with Gasteiger partial charge in [0.1, 0.15) is 30.4 Å². The number of nitrogens with two attached hydrogens (primary N) is 1. The van der Waals surface area contributed by atoms with Crippen LogP contribution in [-0.2, 0) is 13.2 Å². The Balaban J connectivity index is 1.45. The summed E-state index contributed by atoms with van der Waals surface area (Å²) < 4.78 is 24.9. The number of hydrogen-bond donors (Lipinski definition) is 3. The van der Waals surface area contributed by atoms with Crippen LogP contribution in [0.3, 0.4) is 0 Å². The number of anilines is 1. The predicted molar refractivity (Wildman–Crippen MR) is 132 cm³/mol. The van der Waals surface area contributed by atoms with Crippen molar-refractivity contribution in [2.45, 2.75) is 27.0 Å². The van der Waals surface area contributed by atoms with Gasteiger partial charge >= 0.3 is 0 Å². The van der Waals surface area contributed by atoms with Crippen LogP contribution in [0.4, 0.5) is 10.2 Å². The average molecular weight is 509 g/mol. The van der Waals surface area contributed by atoms with Crippen molar-refractivity contribution in [2.24, 2.45) is 5.10 Å². The first-order valence-corrected chi connectivity index (χ1v) is 11.7. The number of benzene rings is 2. The van der Waals surface area contributed by atoms with Crippen LogP contribution in [0.2, 0.25) is 0 Å². The Labute approximate surface area is 211 Å². The van der Waals surface area contributed by atoms with Crippen LogP contribution in [0, 0.1) is 5.82 Å². The number of carbonyl (C=O) groups excluding carboxylic acids is 1. The minimum absolute atomic E-state index is 0.0344. The summed E-state index contributed by atoms with van der Waals surface area (Å²) in [7, 11) is 0. The fourth-order valence-electron chi connectivity index (χ4n) is 3.53. The van der Waals surface area contributed by atoms with E-state index in [4.69, 9.17) is 10.5 Å². The van der Waals surface area contributed by atoms with Crippen molar-refractivity contribution in [2.75, 3.05) is 18.8 Å². The van der Waals surface area contributed by atoms with E-state index in [-0.39, 0.29) is 29.8 Å². The molecule has 0 atom stereocenters. The summed E-state index contributed by atoms with van der Waals surface area (Å²) in [5.41, 5.74) is 10.5. The number of carbonyl (C=O) groups is 1. The molecule has 2 aromatic carbocycles. The van der Waals surface area contributed by atoms with Gasteiger partial charge in [0.15, 0.2) is 5.69 Å². The van der Waals surface area contributed by atoms with Crippen molar-refractivity contribution in [1.82, 2.24) is 30.7 Å². The third-order valence-electron chi connectivity index (χ3n) is 5.65. The number of quaternary nitrogens is 1. The monoisotopic (exact) mass is 508 g/mol. The first kappa shape index (κ1) is 25.4. The maximum atomic E-state index is 13.1. The molecular formula is C24H27FN9O3+. The predicted octanol–water partition coefficient (Wildman–Crippen LogP) is 1.14. The highest BCUT2D eigenvalue weighted by molar-refractivity contribution is 5.94. The first-order valence-electron chi connectivity index (χ1n) is 11.7. The van der Waals surface area contributed by atoms with Crippen molar-refractivity contribution in [3.63, 3.8) is 0 Å². The number of aromatic nitrogens is 5. The zero-order valence-corrected chi connectivity index (χ0v) is 20.4. The maximum Gasteiger partial charge on any atom is 0.294 e. The summed E-state index contributed by atoms with van der Waals surface area (Å²) in [6, 6.07) is 13.3. The van der Waals surface area contributed by atoms with Gasteiger partial charge in [-0.25, -0.2) is 14.4 Å². The van der Waals surface area contributed by atoms with Gasteiger partial charge in [0.25, 0.3) is 5.91 Å². The van der Waals surface area contributed by atoms with Gasteiger partial charge in [0.2, 0.25) is 11.6 Å². The standard InChI is InChI=1S/C24H26FN9O3/c1-3-33(4-2)14-20-21(28-32-34(20)23-22(26)30-37-31-23)24(35)29-27-13-17-6-5-7-19(12-17)36-15-16-8-10-18(25)11-9-16/h5-13H,3-4,14-15H2,1-2H3,(H2,26,30)(H,29,35)/p+1. The normalized spacial score (nSPS) is 11.4. The smallest absolute Gasteiger partial charge is 0.294 e. The molecule has 0 unspecified atom stereocenters. The van der Waals surface area contributed by atoms with Gasteiger partial charge in [0.05, 0.1) is 19.3 Å². The summed E-state index contributed by atoms with van der Waals surface area (Å²) in [4.78, 5) is 14.1. The second-order valence-corrected chi connectivity index (χ2v) is 8.09. The van der Waals surface area contributed by atoms with E-state index in [1.165, 1.54) is 27.9 Å². The molecule has 0 bridgehead atoms. The Bertz CT molecular complexity index is 1360. The summed E-state index contributed by atoms with van der Waals surface area (Å²) in [6.45, 7) is 6.48. The molecule has 1 amide bonds. The molecule has 0 aliphatic rings. The lowest BCUT2D eigenvalue weighted by atomic mass is 10.2. The van der Waals surface area contributed by atoms with Crippen molar-refractivity contribution in [3.8, 4) is 11.6 Å². The highest BCUT2D eigenvalue weighted by atomic mass is 19.1. The van der Waals surface area contributed by atoms with Crippen molar-refractivity contribution in [1.29, 1.82) is 0 Å². The first-order chi connectivity index (χ1) is 18.0. The van der Waals surface area contributed by atoms with E-state index in [2.05, 4.69) is 35.8 Å². The quantitative estimate of drug-likeness (QED) is 0.202. The zero-order valence-electron chi connectivity index (χ0n) is 20.4. The van der Waals surface area contributed by atoms with Crippen molar-refractivity contribution in [3.05, 3.63) is 76.9 Å². The molecule has 0 fully saturated rings. The second kappa shape index (κ2) is 11.9. The minimum Gasteiger partial charge on any atom is -0.489 e. The molecule has 12 nitrogen and oxygen atoms in total. The molecule has 0 saturated heterocycles. The van der Waals surface area contributed by atoms with Crippen LogP contribution < -0.4 is 20.8 Å². The maximum absolute atomic E-state index is 13.1. The number of rotatable bonds is 11. The van der Waals surface area contributed by atoms with E-state index in [9.17, 15) is 9.18 Å². The number of halogens is 1. The van der Waals surface area contributed by atoms with Crippen LogP contribution in [0.5, 0.6) is 5.75 Å². The van der Waals surface area contributed by atoms with Crippen LogP contribution in [0.25, 0.3) is 5.82 Å². The zero-order chi connectivity index (χ0) is 26.2. The molecule has 192 valence electrons. The number of amides is 1. The lowest BCUT2D eigenvalue weighted by Crippen LogP contribution is -3.10. The molecule has 13 heteroatoms. The van der Waals surface area contributed by atoms with E-state index in [1.54, 1.807) is 30.3 Å². The number of ether oxygens (including phenoxy) is 1. The van der Waals surface area contributed by atoms with Gasteiger partial charge in [-0.2, -0.15) is 9.78 Å². The third kappa shape index (κ3) is 6.32. The lowest BCUT2D eigenvalue weighted by molar-refractivity contribution is -0.910. The highest BCUT2D eigenvalue weighted by Crippen LogP contribution is 2.16. The molecule has 0 aliphatic heterocycles. The number of nitrogen functional groups attached to an aromatic ring is 1. The van der Waals surface area contributed by atoms with Gasteiger partial charge < -0.3 is 15.4 Å². The molecule has 37 heavy (non-hydrogen) atoms. The van der Waals surface area contributed by atoms with Crippen LogP contribution in [0.15, 0.2) is 58.3 Å². The Morgan fingerprint density at radius 1 is 1.22 bits per heavy atom. The number of hydrogen-bond acceptors (Lipinski definition) is 9. The lowest BCUT2D eigenvalue weighted by Gasteiger charge is -2.15. The number of nitrogens with zero attached hydrogens (tertiary/aromatic N) is 6. The Kier molecular flexibility index (Phi) is 8.15. The van der Waals surface area contributed by atoms with Crippen LogP contribution in [-0.4, -0.2) is 50.5 Å². The second-order valence-electron chi connectivity index (χ2n) is 8.09. The van der Waals surface area contributed by atoms with Gasteiger partial charge in [-0.15, -0.1) is 5.10 Å². The third-order valence-corrected chi connectivity index (χ3v) is 5.65. The van der Waals surface area contributed by atoms with E-state index in [0.29, 0.717) is 23.6 Å². The molecule has 2 heterocycles. The Hall–Kier alpha value is -4.65. The minimum atomic E-state index is -0.539. The molecule has 4 aromatic rings. The van der Waals surface area contributed by atoms with Crippen molar-refractivity contribution < 1.29 is 23.5 Å². The molecule has 0 spiro atoms. The largest absolute Gasteiger partial charge is 0.489 e. The summed E-state index contributed by atoms with van der Waals surface area (Å²) >= 11 is 0. The van der Waals surface area contributed by atoms with Crippen LogP contribution >= 0.6 is 0 Å². The molecule has 4 rings (SSSR count). The molecule has 0 radical (unpaired) electrons. The van der Waals surface area contributed by atoms with Gasteiger partial charge in [-0.1, -0.05) is 29.5 Å². The van der Waals surface area contributed by atoms with Gasteiger partial charge in [-0.05, 0) is 59.6 Å². The van der Waals surface area contributed by atoms with E-state index >= 15 is 0 Å². The topological polar surface area (TPSA) is 151 Å². The summed E-state index contributed by atoms with van der Waals surface area (Å²) in [5, 5.41) is 19.5. The fourth-order valence-corrected chi connectivity index (χ4v) is 3.53. The summed E-state index contributed by atoms with van der Waals surface area (Å²) in [6.07, 6.45) is 1.49. The Morgan fingerprint density at radius 3 is 2.70 bits per heavy atom. The number of nitrogens with one attached hydrogen (secondary N) is 2. The fraction of sp³-hybridized carbons (Fsp3) is 0.250. The van der Waals surface area contributed by atoms with Gasteiger partial charge in [-0.3, -0.25) is 4.79 Å². The highest BCUT2D eigenvalue weighted by Gasteiger charge is 2.26. The van der Waals surface area contributed by atoms with Gasteiger partial charge in [0, 0.05) is 0 Å². The average Bonchev–Trinajstić information content (AvgIpc) is 3.52. The summed E-state index contributed by atoms with van der Waals surface area (Å²) in [5.74, 6) is -0.0397. The molecule has 0 aliphatic carbocycles. The van der Waals surface area contributed by atoms with E-state index < -0.39 is 5.91 Å². The van der Waals surface area contributed by atoms with Crippen LogP contribution in [0.1, 0.15) is 41.2 Å². The molecule has 0 saturated carbocycles. The molecule has 4 N–H and O–H groups in total. The molecule has 2 aromatic heterocycles. The number of hydrazone groups is 1. The SMILES string of the molecule is CC[NH+](CC)Cc1c(C(=O)NN=Cc2cccc(OCc3ccc(F)cc3)c2)nnn1-c1nonc1N.